The molecule has 8 nitrogen and oxygen atoms in total. The van der Waals surface area contributed by atoms with Crippen molar-refractivity contribution in [3.05, 3.63) is 35.9 Å². The van der Waals surface area contributed by atoms with Crippen LogP contribution in [0, 0.1) is 5.92 Å². The molecule has 164 valence electrons. The van der Waals surface area contributed by atoms with Gasteiger partial charge in [-0.1, -0.05) is 44.2 Å². The third-order valence-corrected chi connectivity index (χ3v) is 3.61. The van der Waals surface area contributed by atoms with Crippen LogP contribution in [-0.2, 0) is 20.8 Å². The van der Waals surface area contributed by atoms with Gasteiger partial charge in [0.05, 0.1) is 0 Å². The zero-order valence-electron chi connectivity index (χ0n) is 16.0. The van der Waals surface area contributed by atoms with Gasteiger partial charge in [0.25, 0.3) is 5.91 Å². The molecule has 0 saturated heterocycles. The van der Waals surface area contributed by atoms with Gasteiger partial charge < -0.3 is 31.2 Å². The highest BCUT2D eigenvalue weighted by molar-refractivity contribution is 5.86. The molecular weight excluding hydrogens is 397 g/mol. The second-order valence-electron chi connectivity index (χ2n) is 6.71. The second-order valence-corrected chi connectivity index (χ2v) is 6.71. The van der Waals surface area contributed by atoms with Gasteiger partial charge in [0.15, 0.2) is 6.10 Å². The molecule has 6 N–H and O–H groups in total. The Kier molecular flexibility index (Phi) is 10.9. The number of aliphatic hydroxyl groups is 1. The van der Waals surface area contributed by atoms with Crippen LogP contribution in [0.25, 0.3) is 0 Å². The topological polar surface area (TPSA) is 154 Å². The number of carbonyl (C=O) groups is 3. The van der Waals surface area contributed by atoms with E-state index in [1.807, 2.05) is 44.2 Å². The Morgan fingerprint density at radius 1 is 1.17 bits per heavy atom. The lowest BCUT2D eigenvalue weighted by Crippen LogP contribution is -2.70. The molecule has 1 rings (SSSR count). The summed E-state index contributed by atoms with van der Waals surface area (Å²) in [7, 11) is 0. The quantitative estimate of drug-likeness (QED) is 0.426. The first kappa shape index (κ1) is 26.3. The number of alkyl halides is 3. The molecule has 11 heteroatoms. The Hall–Kier alpha value is -2.66. The minimum atomic E-state index is -5.19. The number of nitrogens with one attached hydrogen (secondary N) is 1. The molecule has 3 atom stereocenters. The minimum Gasteiger partial charge on any atom is -0.542 e. The number of quaternary nitrogens is 1. The molecular formula is C18H25F3N2O6. The first-order valence-corrected chi connectivity index (χ1v) is 8.62. The zero-order valence-corrected chi connectivity index (χ0v) is 16.0. The molecule has 1 aromatic carbocycles. The van der Waals surface area contributed by atoms with E-state index in [0.29, 0.717) is 12.8 Å². The van der Waals surface area contributed by atoms with E-state index in [2.05, 4.69) is 11.1 Å². The fraction of sp³-hybridized carbons (Fsp3) is 0.500. The van der Waals surface area contributed by atoms with Crippen molar-refractivity contribution < 1.29 is 48.6 Å². The van der Waals surface area contributed by atoms with Crippen LogP contribution in [0.2, 0.25) is 0 Å². The number of aliphatic carboxylic acids is 2. The number of hydrogen-bond acceptors (Lipinski definition) is 5. The normalized spacial score (nSPS) is 14.2. The molecule has 1 aromatic rings. The summed E-state index contributed by atoms with van der Waals surface area (Å²) in [5, 5.41) is 30.3. The highest BCUT2D eigenvalue weighted by Gasteiger charge is 2.30. The Balaban J connectivity index is 0.000000956. The van der Waals surface area contributed by atoms with Crippen LogP contribution >= 0.6 is 0 Å². The highest BCUT2D eigenvalue weighted by atomic mass is 19.4. The molecule has 0 unspecified atom stereocenters. The van der Waals surface area contributed by atoms with Crippen molar-refractivity contribution in [3.63, 3.8) is 0 Å². The van der Waals surface area contributed by atoms with Crippen LogP contribution in [-0.4, -0.2) is 52.4 Å². The van der Waals surface area contributed by atoms with Crippen molar-refractivity contribution in [1.29, 1.82) is 0 Å². The van der Waals surface area contributed by atoms with E-state index < -0.39 is 42.2 Å². The van der Waals surface area contributed by atoms with E-state index in [1.165, 1.54) is 0 Å². The summed E-state index contributed by atoms with van der Waals surface area (Å²) in [5.74, 6) is -4.67. The van der Waals surface area contributed by atoms with Gasteiger partial charge in [0, 0.05) is 6.42 Å². The Labute approximate surface area is 165 Å². The van der Waals surface area contributed by atoms with Gasteiger partial charge in [-0.3, -0.25) is 4.79 Å². The standard InChI is InChI=1S/C16H24N2O4.C2HF3O2/c1-10(2)8-13(16(21)22)18-15(20)14(19)12(17)9-11-6-4-3-5-7-11;3-2(4,5)1(6)7/h3-7,10,12-14,19H,8-9,17H2,1-2H3,(H,18,20)(H,21,22);(H,6,7)/t12-,13+,14+;/m1./s1. The number of rotatable bonds is 8. The molecule has 0 aromatic heterocycles. The molecule has 29 heavy (non-hydrogen) atoms. The van der Waals surface area contributed by atoms with Crippen LogP contribution in [0.15, 0.2) is 30.3 Å². The third-order valence-electron chi connectivity index (χ3n) is 3.61. The SMILES string of the molecule is CC(C)C[C@H](NC(=O)[C@@H](O)[C@H]([NH3+])Cc1ccccc1)C(=O)O.O=C([O-])C(F)(F)F. The van der Waals surface area contributed by atoms with Crippen molar-refractivity contribution in [3.8, 4) is 0 Å². The van der Waals surface area contributed by atoms with Crippen molar-refractivity contribution in [1.82, 2.24) is 5.32 Å². The summed E-state index contributed by atoms with van der Waals surface area (Å²) in [5.41, 5.74) is 4.77. The van der Waals surface area contributed by atoms with Gasteiger partial charge in [-0.05, 0) is 17.9 Å². The average molecular weight is 422 g/mol. The number of carbonyl (C=O) groups excluding carboxylic acids is 2. The molecule has 0 fully saturated rings. The van der Waals surface area contributed by atoms with E-state index in [-0.39, 0.29) is 5.92 Å². The van der Waals surface area contributed by atoms with Crippen molar-refractivity contribution >= 4 is 17.8 Å². The molecule has 0 saturated carbocycles. The first-order valence-electron chi connectivity index (χ1n) is 8.62. The Morgan fingerprint density at radius 2 is 1.66 bits per heavy atom. The zero-order chi connectivity index (χ0) is 22.8. The number of amides is 1. The van der Waals surface area contributed by atoms with E-state index in [4.69, 9.17) is 15.0 Å². The summed E-state index contributed by atoms with van der Waals surface area (Å²) in [6.45, 7) is 3.75. The molecule has 0 heterocycles. The summed E-state index contributed by atoms with van der Waals surface area (Å²) in [6.07, 6.45) is -5.78. The van der Waals surface area contributed by atoms with Gasteiger partial charge in [-0.15, -0.1) is 0 Å². The van der Waals surface area contributed by atoms with Crippen LogP contribution in [0.1, 0.15) is 25.8 Å². The fourth-order valence-corrected chi connectivity index (χ4v) is 2.19. The minimum absolute atomic E-state index is 0.124. The molecule has 1 amide bonds. The van der Waals surface area contributed by atoms with E-state index in [9.17, 15) is 27.9 Å². The fourth-order valence-electron chi connectivity index (χ4n) is 2.19. The maximum Gasteiger partial charge on any atom is 0.430 e. The predicted molar refractivity (Wildman–Crippen MR) is 92.9 cm³/mol. The summed E-state index contributed by atoms with van der Waals surface area (Å²) in [4.78, 5) is 31.9. The van der Waals surface area contributed by atoms with Crippen molar-refractivity contribution in [2.75, 3.05) is 0 Å². The lowest BCUT2D eigenvalue weighted by molar-refractivity contribution is -0.432. The number of aliphatic hydroxyl groups excluding tert-OH is 1. The highest BCUT2D eigenvalue weighted by Crippen LogP contribution is 2.11. The number of halogens is 3. The van der Waals surface area contributed by atoms with Gasteiger partial charge >= 0.3 is 12.1 Å². The molecule has 0 aliphatic carbocycles. The largest absolute Gasteiger partial charge is 0.542 e. The maximum atomic E-state index is 12.0. The number of carboxylic acid groups (broad SMARTS) is 2. The Bertz CT molecular complexity index is 667. The molecule has 0 aliphatic rings. The molecule has 0 spiro atoms. The number of hydrogen-bond donors (Lipinski definition) is 4. The van der Waals surface area contributed by atoms with Gasteiger partial charge in [0.1, 0.15) is 18.1 Å². The van der Waals surface area contributed by atoms with E-state index in [0.717, 1.165) is 5.56 Å². The van der Waals surface area contributed by atoms with Gasteiger partial charge in [-0.25, -0.2) is 4.79 Å². The van der Waals surface area contributed by atoms with Crippen LogP contribution in [0.4, 0.5) is 13.2 Å². The van der Waals surface area contributed by atoms with E-state index >= 15 is 0 Å². The summed E-state index contributed by atoms with van der Waals surface area (Å²) in [6, 6.07) is 7.87. The van der Waals surface area contributed by atoms with Crippen molar-refractivity contribution in [2.45, 2.75) is 51.1 Å². The molecule has 0 aliphatic heterocycles. The number of carboxylic acids is 2. The first-order chi connectivity index (χ1) is 13.3. The summed E-state index contributed by atoms with van der Waals surface area (Å²) >= 11 is 0. The maximum absolute atomic E-state index is 12.0. The lowest BCUT2D eigenvalue weighted by Gasteiger charge is -2.20. The van der Waals surface area contributed by atoms with Gasteiger partial charge in [-0.2, -0.15) is 13.2 Å². The van der Waals surface area contributed by atoms with Crippen LogP contribution < -0.4 is 16.2 Å². The lowest BCUT2D eigenvalue weighted by atomic mass is 10.00. The molecule has 0 radical (unpaired) electrons. The van der Waals surface area contributed by atoms with Crippen LogP contribution in [0.5, 0.6) is 0 Å². The van der Waals surface area contributed by atoms with Gasteiger partial charge in [0.2, 0.25) is 0 Å². The average Bonchev–Trinajstić information content (AvgIpc) is 2.60. The van der Waals surface area contributed by atoms with E-state index in [1.54, 1.807) is 0 Å². The Morgan fingerprint density at radius 3 is 2.03 bits per heavy atom. The second kappa shape index (κ2) is 12.0. The smallest absolute Gasteiger partial charge is 0.430 e. The summed E-state index contributed by atoms with van der Waals surface area (Å²) < 4.78 is 31.5. The molecule has 0 bridgehead atoms. The monoisotopic (exact) mass is 422 g/mol. The van der Waals surface area contributed by atoms with Crippen LogP contribution in [0.3, 0.4) is 0 Å². The third kappa shape index (κ3) is 11.1. The predicted octanol–water partition coefficient (Wildman–Crippen LogP) is -0.885. The number of benzene rings is 1. The van der Waals surface area contributed by atoms with Crippen molar-refractivity contribution in [2.24, 2.45) is 5.92 Å².